The molecule has 0 aliphatic carbocycles. The molecular weight excluding hydrogens is 206 g/mol. The molecule has 3 amide bonds. The number of nitrogens with one attached hydrogen (secondary N) is 2. The van der Waals surface area contributed by atoms with Gasteiger partial charge in [-0.2, -0.15) is 0 Å². The lowest BCUT2D eigenvalue weighted by Crippen LogP contribution is -2.41. The Hall–Kier alpha value is -2.04. The Morgan fingerprint density at radius 1 is 1.12 bits per heavy atom. The van der Waals surface area contributed by atoms with Gasteiger partial charge in [0.1, 0.15) is 0 Å². The Labute approximate surface area is 94.0 Å². The van der Waals surface area contributed by atoms with E-state index in [0.717, 1.165) is 12.0 Å². The van der Waals surface area contributed by atoms with Crippen molar-refractivity contribution in [1.82, 2.24) is 10.6 Å². The van der Waals surface area contributed by atoms with Gasteiger partial charge in [-0.3, -0.25) is 4.79 Å². The van der Waals surface area contributed by atoms with Crippen molar-refractivity contribution in [1.29, 1.82) is 0 Å². The summed E-state index contributed by atoms with van der Waals surface area (Å²) in [5, 5.41) is 4.97. The van der Waals surface area contributed by atoms with Gasteiger partial charge >= 0.3 is 6.03 Å². The molecule has 0 unspecified atom stereocenters. The first kappa shape index (κ1) is 12.0. The quantitative estimate of drug-likeness (QED) is 0.654. The highest BCUT2D eigenvalue weighted by Crippen LogP contribution is 1.97. The summed E-state index contributed by atoms with van der Waals surface area (Å²) in [7, 11) is 0. The molecule has 0 atom stereocenters. The second-order valence-electron chi connectivity index (χ2n) is 3.31. The number of amides is 3. The standard InChI is InChI=1S/C11H15N3O2/c12-10(15)8-14-11(16)13-7-6-9-4-2-1-3-5-9/h1-5H,6-8H2,(H2,12,15)(H2,13,14,16). The van der Waals surface area contributed by atoms with Crippen LogP contribution in [0.25, 0.3) is 0 Å². The molecule has 0 aliphatic rings. The van der Waals surface area contributed by atoms with Crippen LogP contribution in [0.5, 0.6) is 0 Å². The minimum Gasteiger partial charge on any atom is -0.368 e. The molecule has 0 heterocycles. The molecule has 0 radical (unpaired) electrons. The first-order chi connectivity index (χ1) is 7.68. The predicted octanol–water partition coefficient (Wildman–Crippen LogP) is 0.0136. The summed E-state index contributed by atoms with van der Waals surface area (Å²) >= 11 is 0. The summed E-state index contributed by atoms with van der Waals surface area (Å²) < 4.78 is 0. The highest BCUT2D eigenvalue weighted by atomic mass is 16.2. The maximum absolute atomic E-state index is 11.1. The van der Waals surface area contributed by atoms with E-state index >= 15 is 0 Å². The molecule has 16 heavy (non-hydrogen) atoms. The van der Waals surface area contributed by atoms with E-state index in [2.05, 4.69) is 10.6 Å². The maximum Gasteiger partial charge on any atom is 0.315 e. The highest BCUT2D eigenvalue weighted by Gasteiger charge is 2.00. The van der Waals surface area contributed by atoms with Crippen LogP contribution in [-0.4, -0.2) is 25.0 Å². The molecule has 1 aromatic rings. The van der Waals surface area contributed by atoms with Crippen molar-refractivity contribution < 1.29 is 9.59 Å². The lowest BCUT2D eigenvalue weighted by molar-refractivity contribution is -0.117. The zero-order valence-corrected chi connectivity index (χ0v) is 8.90. The Kier molecular flexibility index (Phi) is 4.85. The number of hydrogen-bond donors (Lipinski definition) is 3. The zero-order chi connectivity index (χ0) is 11.8. The Morgan fingerprint density at radius 2 is 1.81 bits per heavy atom. The largest absolute Gasteiger partial charge is 0.368 e. The highest BCUT2D eigenvalue weighted by molar-refractivity contribution is 5.82. The fraction of sp³-hybridized carbons (Fsp3) is 0.273. The molecule has 1 aromatic carbocycles. The average molecular weight is 221 g/mol. The van der Waals surface area contributed by atoms with Crippen molar-refractivity contribution in [2.24, 2.45) is 5.73 Å². The minimum absolute atomic E-state index is 0.142. The fourth-order valence-corrected chi connectivity index (χ4v) is 1.19. The molecule has 0 spiro atoms. The maximum atomic E-state index is 11.1. The number of hydrogen-bond acceptors (Lipinski definition) is 2. The third-order valence-corrected chi connectivity index (χ3v) is 1.97. The molecule has 0 fully saturated rings. The third-order valence-electron chi connectivity index (χ3n) is 1.97. The third kappa shape index (κ3) is 4.99. The first-order valence-electron chi connectivity index (χ1n) is 5.02. The Bertz CT molecular complexity index is 352. The van der Waals surface area contributed by atoms with Crippen LogP contribution >= 0.6 is 0 Å². The van der Waals surface area contributed by atoms with Crippen molar-refractivity contribution in [2.45, 2.75) is 6.42 Å². The molecule has 1 rings (SSSR count). The minimum atomic E-state index is -0.557. The number of carbonyl (C=O) groups is 2. The Balaban J connectivity index is 2.16. The van der Waals surface area contributed by atoms with E-state index in [1.807, 2.05) is 30.3 Å². The second kappa shape index (κ2) is 6.44. The summed E-state index contributed by atoms with van der Waals surface area (Å²) in [6, 6.07) is 9.43. The van der Waals surface area contributed by atoms with Gasteiger partial charge in [0, 0.05) is 6.54 Å². The normalized spacial score (nSPS) is 9.50. The van der Waals surface area contributed by atoms with Crippen LogP contribution in [-0.2, 0) is 11.2 Å². The van der Waals surface area contributed by atoms with Gasteiger partial charge in [0.2, 0.25) is 5.91 Å². The molecular formula is C11H15N3O2. The van der Waals surface area contributed by atoms with Crippen LogP contribution in [0.15, 0.2) is 30.3 Å². The van der Waals surface area contributed by atoms with E-state index in [0.29, 0.717) is 6.54 Å². The smallest absolute Gasteiger partial charge is 0.315 e. The molecule has 4 N–H and O–H groups in total. The fourth-order valence-electron chi connectivity index (χ4n) is 1.19. The summed E-state index contributed by atoms with van der Waals surface area (Å²) in [6.07, 6.45) is 0.755. The van der Waals surface area contributed by atoms with Crippen molar-refractivity contribution in [3.05, 3.63) is 35.9 Å². The van der Waals surface area contributed by atoms with Crippen molar-refractivity contribution in [3.8, 4) is 0 Å². The van der Waals surface area contributed by atoms with E-state index in [9.17, 15) is 9.59 Å². The van der Waals surface area contributed by atoms with Gasteiger partial charge in [0.25, 0.3) is 0 Å². The van der Waals surface area contributed by atoms with E-state index in [1.165, 1.54) is 0 Å². The molecule has 5 heteroatoms. The van der Waals surface area contributed by atoms with E-state index in [-0.39, 0.29) is 12.6 Å². The molecule has 0 aromatic heterocycles. The van der Waals surface area contributed by atoms with Crippen LogP contribution in [0.2, 0.25) is 0 Å². The van der Waals surface area contributed by atoms with Gasteiger partial charge in [0.15, 0.2) is 0 Å². The van der Waals surface area contributed by atoms with Crippen molar-refractivity contribution in [3.63, 3.8) is 0 Å². The topological polar surface area (TPSA) is 84.2 Å². The lowest BCUT2D eigenvalue weighted by Gasteiger charge is -2.05. The summed E-state index contributed by atoms with van der Waals surface area (Å²) in [4.78, 5) is 21.5. The SMILES string of the molecule is NC(=O)CNC(=O)NCCc1ccccc1. The van der Waals surface area contributed by atoms with Gasteiger partial charge < -0.3 is 16.4 Å². The van der Waals surface area contributed by atoms with Crippen LogP contribution in [0.3, 0.4) is 0 Å². The van der Waals surface area contributed by atoms with Crippen LogP contribution in [0, 0.1) is 0 Å². The number of carbonyl (C=O) groups excluding carboxylic acids is 2. The van der Waals surface area contributed by atoms with Crippen LogP contribution < -0.4 is 16.4 Å². The number of primary amides is 1. The summed E-state index contributed by atoms with van der Waals surface area (Å²) in [5.41, 5.74) is 6.03. The number of urea groups is 1. The molecule has 0 saturated heterocycles. The van der Waals surface area contributed by atoms with E-state index in [4.69, 9.17) is 5.73 Å². The zero-order valence-electron chi connectivity index (χ0n) is 8.90. The summed E-state index contributed by atoms with van der Waals surface area (Å²) in [6.45, 7) is 0.381. The van der Waals surface area contributed by atoms with Crippen molar-refractivity contribution in [2.75, 3.05) is 13.1 Å². The van der Waals surface area contributed by atoms with Gasteiger partial charge in [0.05, 0.1) is 6.54 Å². The van der Waals surface area contributed by atoms with Gasteiger partial charge in [-0.1, -0.05) is 30.3 Å². The Morgan fingerprint density at radius 3 is 2.44 bits per heavy atom. The van der Waals surface area contributed by atoms with Gasteiger partial charge in [-0.25, -0.2) is 4.79 Å². The lowest BCUT2D eigenvalue weighted by atomic mass is 10.1. The summed E-state index contributed by atoms with van der Waals surface area (Å²) in [5.74, 6) is -0.557. The van der Waals surface area contributed by atoms with Crippen molar-refractivity contribution >= 4 is 11.9 Å². The first-order valence-corrected chi connectivity index (χ1v) is 5.02. The van der Waals surface area contributed by atoms with E-state index < -0.39 is 5.91 Å². The number of benzene rings is 1. The van der Waals surface area contributed by atoms with E-state index in [1.54, 1.807) is 0 Å². The molecule has 0 aliphatic heterocycles. The molecule has 0 bridgehead atoms. The molecule has 86 valence electrons. The van der Waals surface area contributed by atoms with Crippen LogP contribution in [0.1, 0.15) is 5.56 Å². The monoisotopic (exact) mass is 221 g/mol. The number of nitrogens with two attached hydrogens (primary N) is 1. The molecule has 0 saturated carbocycles. The number of rotatable bonds is 5. The predicted molar refractivity (Wildman–Crippen MR) is 60.7 cm³/mol. The van der Waals surface area contributed by atoms with Gasteiger partial charge in [-0.05, 0) is 12.0 Å². The molecule has 5 nitrogen and oxygen atoms in total. The second-order valence-corrected chi connectivity index (χ2v) is 3.31. The van der Waals surface area contributed by atoms with Gasteiger partial charge in [-0.15, -0.1) is 0 Å². The average Bonchev–Trinajstić information content (AvgIpc) is 2.28. The van der Waals surface area contributed by atoms with Crippen LogP contribution in [0.4, 0.5) is 4.79 Å².